The number of hydrogen-bond acceptors (Lipinski definition) is 3. The molecule has 1 rings (SSSR count). The maximum atomic E-state index is 12.1. The number of rotatable bonds is 9. The minimum Gasteiger partial charge on any atom is -0.387 e. The van der Waals surface area contributed by atoms with Gasteiger partial charge in [-0.05, 0) is 39.0 Å². The molecule has 0 aromatic carbocycles. The number of ketones is 1. The molecule has 124 valence electrons. The summed E-state index contributed by atoms with van der Waals surface area (Å²) < 4.78 is 29.0. The zero-order valence-corrected chi connectivity index (χ0v) is 13.2. The Bertz CT molecular complexity index is 323. The summed E-state index contributed by atoms with van der Waals surface area (Å²) in [5.41, 5.74) is -1.39. The summed E-state index contributed by atoms with van der Waals surface area (Å²) in [6.07, 6.45) is 3.74. The number of carbonyl (C=O) groups is 1. The summed E-state index contributed by atoms with van der Waals surface area (Å²) in [6.45, 7) is 3.04. The monoisotopic (exact) mass is 306 g/mol. The van der Waals surface area contributed by atoms with E-state index in [1.54, 1.807) is 6.92 Å². The highest BCUT2D eigenvalue weighted by Crippen LogP contribution is 2.45. The fourth-order valence-corrected chi connectivity index (χ4v) is 3.17. The van der Waals surface area contributed by atoms with E-state index in [0.29, 0.717) is 25.7 Å². The van der Waals surface area contributed by atoms with Gasteiger partial charge in [-0.2, -0.15) is 0 Å². The fraction of sp³-hybridized carbons (Fsp3) is 0.938. The van der Waals surface area contributed by atoms with Crippen molar-refractivity contribution < 1.29 is 23.4 Å². The smallest absolute Gasteiger partial charge is 0.261 e. The molecular formula is C16H28F2O3. The predicted octanol–water partition coefficient (Wildman–Crippen LogP) is 3.73. The van der Waals surface area contributed by atoms with Gasteiger partial charge in [-0.25, -0.2) is 8.78 Å². The number of halogens is 2. The van der Waals surface area contributed by atoms with E-state index in [2.05, 4.69) is 6.92 Å². The highest BCUT2D eigenvalue weighted by Gasteiger charge is 2.44. The first-order valence-electron chi connectivity index (χ1n) is 7.93. The van der Waals surface area contributed by atoms with Gasteiger partial charge in [0.1, 0.15) is 12.4 Å². The zero-order valence-electron chi connectivity index (χ0n) is 13.2. The van der Waals surface area contributed by atoms with Gasteiger partial charge in [0.25, 0.3) is 6.43 Å². The fourth-order valence-electron chi connectivity index (χ4n) is 3.17. The van der Waals surface area contributed by atoms with Crippen LogP contribution in [0.5, 0.6) is 0 Å². The minimum absolute atomic E-state index is 0.0692. The molecule has 21 heavy (non-hydrogen) atoms. The molecule has 0 saturated heterocycles. The third kappa shape index (κ3) is 5.62. The van der Waals surface area contributed by atoms with Crippen molar-refractivity contribution in [2.75, 3.05) is 13.2 Å². The van der Waals surface area contributed by atoms with Gasteiger partial charge in [0.15, 0.2) is 0 Å². The average Bonchev–Trinajstić information content (AvgIpc) is 2.41. The first kappa shape index (κ1) is 18.5. The molecule has 1 fully saturated rings. The van der Waals surface area contributed by atoms with Gasteiger partial charge in [0.05, 0.1) is 12.2 Å². The third-order valence-corrected chi connectivity index (χ3v) is 4.76. The topological polar surface area (TPSA) is 46.5 Å². The van der Waals surface area contributed by atoms with Crippen LogP contribution >= 0.6 is 0 Å². The predicted molar refractivity (Wildman–Crippen MR) is 77.5 cm³/mol. The van der Waals surface area contributed by atoms with Gasteiger partial charge in [-0.15, -0.1) is 0 Å². The van der Waals surface area contributed by atoms with E-state index in [9.17, 15) is 18.7 Å². The Balaban J connectivity index is 2.51. The van der Waals surface area contributed by atoms with Crippen molar-refractivity contribution in [3.05, 3.63) is 0 Å². The van der Waals surface area contributed by atoms with Crippen LogP contribution in [0.1, 0.15) is 65.2 Å². The Kier molecular flexibility index (Phi) is 7.21. The first-order chi connectivity index (χ1) is 9.83. The van der Waals surface area contributed by atoms with Gasteiger partial charge in [0, 0.05) is 5.41 Å². The molecular weight excluding hydrogens is 278 g/mol. The maximum Gasteiger partial charge on any atom is 0.261 e. The van der Waals surface area contributed by atoms with Crippen LogP contribution in [-0.4, -0.2) is 36.1 Å². The largest absolute Gasteiger partial charge is 0.387 e. The lowest BCUT2D eigenvalue weighted by atomic mass is 9.64. The summed E-state index contributed by atoms with van der Waals surface area (Å²) in [5.74, 6) is 0.189. The number of carbonyl (C=O) groups excluding carboxylic acids is 1. The van der Waals surface area contributed by atoms with E-state index >= 15 is 0 Å². The Morgan fingerprint density at radius 2 is 1.86 bits per heavy atom. The molecule has 0 aromatic heterocycles. The standard InChI is InChI=1S/C16H28F2O3/c1-3-4-5-6-15(13(2)19)7-9-16(20,10-8-15)12-21-11-14(17)18/h14,20H,3-12H2,1-2H3. The number of aliphatic hydroxyl groups is 1. The maximum absolute atomic E-state index is 12.1. The highest BCUT2D eigenvalue weighted by atomic mass is 19.3. The van der Waals surface area contributed by atoms with Gasteiger partial charge < -0.3 is 9.84 Å². The molecule has 0 bridgehead atoms. The lowest BCUT2D eigenvalue weighted by molar-refractivity contribution is -0.138. The van der Waals surface area contributed by atoms with E-state index in [1.165, 1.54) is 0 Å². The van der Waals surface area contributed by atoms with E-state index in [-0.39, 0.29) is 17.8 Å². The van der Waals surface area contributed by atoms with E-state index in [0.717, 1.165) is 25.7 Å². The summed E-state index contributed by atoms with van der Waals surface area (Å²) in [4.78, 5) is 12.0. The average molecular weight is 306 g/mol. The van der Waals surface area contributed by atoms with Gasteiger partial charge in [-0.1, -0.05) is 26.2 Å². The number of ether oxygens (including phenoxy) is 1. The van der Waals surface area contributed by atoms with Crippen molar-refractivity contribution >= 4 is 5.78 Å². The van der Waals surface area contributed by atoms with Crippen LogP contribution in [0, 0.1) is 5.41 Å². The summed E-state index contributed by atoms with van der Waals surface area (Å²) in [6, 6.07) is 0. The van der Waals surface area contributed by atoms with E-state index in [4.69, 9.17) is 4.74 Å². The van der Waals surface area contributed by atoms with Crippen LogP contribution in [0.3, 0.4) is 0 Å². The molecule has 0 amide bonds. The number of alkyl halides is 2. The molecule has 1 aliphatic carbocycles. The molecule has 1 saturated carbocycles. The molecule has 5 heteroatoms. The SMILES string of the molecule is CCCCCC1(C(C)=O)CCC(O)(COCC(F)F)CC1. The van der Waals surface area contributed by atoms with Crippen molar-refractivity contribution in [3.63, 3.8) is 0 Å². The molecule has 0 spiro atoms. The number of Topliss-reactive ketones (excluding diaryl/α,β-unsaturated/α-hetero) is 1. The second kappa shape index (κ2) is 8.18. The molecule has 0 aliphatic heterocycles. The molecule has 0 heterocycles. The Hall–Kier alpha value is -0.550. The van der Waals surface area contributed by atoms with Gasteiger partial charge in [-0.3, -0.25) is 4.79 Å². The summed E-state index contributed by atoms with van der Waals surface area (Å²) in [7, 11) is 0. The quantitative estimate of drug-likeness (QED) is 0.660. The lowest BCUT2D eigenvalue weighted by Gasteiger charge is -2.42. The van der Waals surface area contributed by atoms with Crippen molar-refractivity contribution in [1.82, 2.24) is 0 Å². The van der Waals surface area contributed by atoms with Crippen LogP contribution in [0.2, 0.25) is 0 Å². The lowest BCUT2D eigenvalue weighted by Crippen LogP contribution is -2.45. The molecule has 0 radical (unpaired) electrons. The molecule has 1 N–H and O–H groups in total. The van der Waals surface area contributed by atoms with Crippen LogP contribution in [0.25, 0.3) is 0 Å². The van der Waals surface area contributed by atoms with Crippen LogP contribution in [-0.2, 0) is 9.53 Å². The normalized spacial score (nSPS) is 29.8. The molecule has 0 unspecified atom stereocenters. The van der Waals surface area contributed by atoms with E-state index in [1.807, 2.05) is 0 Å². The van der Waals surface area contributed by atoms with E-state index < -0.39 is 18.6 Å². The van der Waals surface area contributed by atoms with Crippen molar-refractivity contribution in [1.29, 1.82) is 0 Å². The molecule has 0 atom stereocenters. The van der Waals surface area contributed by atoms with Crippen molar-refractivity contribution in [2.24, 2.45) is 5.41 Å². The van der Waals surface area contributed by atoms with Crippen LogP contribution in [0.4, 0.5) is 8.78 Å². The Morgan fingerprint density at radius 1 is 1.24 bits per heavy atom. The third-order valence-electron chi connectivity index (χ3n) is 4.76. The second-order valence-corrected chi connectivity index (χ2v) is 6.42. The Morgan fingerprint density at radius 3 is 2.33 bits per heavy atom. The molecule has 1 aliphatic rings. The van der Waals surface area contributed by atoms with Crippen LogP contribution in [0.15, 0.2) is 0 Å². The number of hydrogen-bond donors (Lipinski definition) is 1. The highest BCUT2D eigenvalue weighted by molar-refractivity contribution is 5.82. The van der Waals surface area contributed by atoms with Crippen LogP contribution < -0.4 is 0 Å². The summed E-state index contributed by atoms with van der Waals surface area (Å²) >= 11 is 0. The first-order valence-corrected chi connectivity index (χ1v) is 7.93. The van der Waals surface area contributed by atoms with Gasteiger partial charge in [0.2, 0.25) is 0 Å². The molecule has 3 nitrogen and oxygen atoms in total. The van der Waals surface area contributed by atoms with Crippen molar-refractivity contribution in [3.8, 4) is 0 Å². The Labute approximate surface area is 126 Å². The zero-order chi connectivity index (χ0) is 15.9. The minimum atomic E-state index is -2.51. The summed E-state index contributed by atoms with van der Waals surface area (Å²) in [5, 5.41) is 10.4. The number of unbranched alkanes of at least 4 members (excludes halogenated alkanes) is 2. The van der Waals surface area contributed by atoms with Crippen molar-refractivity contribution in [2.45, 2.75) is 77.2 Å². The second-order valence-electron chi connectivity index (χ2n) is 6.42. The molecule has 0 aromatic rings. The van der Waals surface area contributed by atoms with Gasteiger partial charge >= 0.3 is 0 Å².